The summed E-state index contributed by atoms with van der Waals surface area (Å²) in [6, 6.07) is 7.62. The highest BCUT2D eigenvalue weighted by atomic mass is 35.5. The van der Waals surface area contributed by atoms with E-state index in [2.05, 4.69) is 23.7 Å². The molecular weight excluding hydrogens is 406 g/mol. The quantitative estimate of drug-likeness (QED) is 0.715. The Bertz CT molecular complexity index is 840. The van der Waals surface area contributed by atoms with Gasteiger partial charge in [-0.3, -0.25) is 9.69 Å². The van der Waals surface area contributed by atoms with Crippen LogP contribution >= 0.6 is 22.9 Å². The van der Waals surface area contributed by atoms with Gasteiger partial charge in [0.2, 0.25) is 0 Å². The molecule has 2 saturated heterocycles. The molecule has 0 N–H and O–H groups in total. The van der Waals surface area contributed by atoms with Crippen molar-refractivity contribution < 1.29 is 9.53 Å². The second-order valence-electron chi connectivity index (χ2n) is 8.22. The van der Waals surface area contributed by atoms with Gasteiger partial charge in [-0.15, -0.1) is 11.3 Å². The molecule has 1 amide bonds. The number of rotatable bonds is 4. The molecule has 0 saturated carbocycles. The van der Waals surface area contributed by atoms with Crippen LogP contribution in [0.15, 0.2) is 30.5 Å². The highest BCUT2D eigenvalue weighted by molar-refractivity contribution is 7.17. The highest BCUT2D eigenvalue weighted by Gasteiger charge is 2.29. The number of halogens is 1. The first-order chi connectivity index (χ1) is 14.0. The van der Waals surface area contributed by atoms with E-state index in [-0.39, 0.29) is 5.91 Å². The zero-order valence-corrected chi connectivity index (χ0v) is 18.6. The number of ether oxygens (including phenoxy) is 1. The maximum atomic E-state index is 12.9. The molecule has 5 nitrogen and oxygen atoms in total. The van der Waals surface area contributed by atoms with E-state index in [1.165, 1.54) is 11.3 Å². The van der Waals surface area contributed by atoms with Gasteiger partial charge in [0, 0.05) is 38.3 Å². The minimum atomic E-state index is 0.0906. The second kappa shape index (κ2) is 9.13. The van der Waals surface area contributed by atoms with Crippen molar-refractivity contribution in [3.05, 3.63) is 40.4 Å². The molecule has 7 heteroatoms. The first-order valence-corrected chi connectivity index (χ1v) is 11.6. The van der Waals surface area contributed by atoms with Gasteiger partial charge in [-0.05, 0) is 38.7 Å². The van der Waals surface area contributed by atoms with E-state index in [0.29, 0.717) is 28.0 Å². The minimum absolute atomic E-state index is 0.0906. The van der Waals surface area contributed by atoms with Gasteiger partial charge in [0.1, 0.15) is 9.88 Å². The Morgan fingerprint density at radius 1 is 1.21 bits per heavy atom. The Labute approximate surface area is 181 Å². The Hall–Kier alpha value is -1.47. The van der Waals surface area contributed by atoms with E-state index in [1.54, 1.807) is 6.20 Å². The topological polar surface area (TPSA) is 45.7 Å². The van der Waals surface area contributed by atoms with Gasteiger partial charge in [-0.25, -0.2) is 4.98 Å². The molecule has 1 aromatic heterocycles. The van der Waals surface area contributed by atoms with Crippen molar-refractivity contribution in [2.45, 2.75) is 38.9 Å². The summed E-state index contributed by atoms with van der Waals surface area (Å²) in [7, 11) is 0. The van der Waals surface area contributed by atoms with Crippen LogP contribution in [0, 0.1) is 5.92 Å². The van der Waals surface area contributed by atoms with Crippen molar-refractivity contribution in [3.8, 4) is 10.6 Å². The van der Waals surface area contributed by atoms with Crippen molar-refractivity contribution in [1.82, 2.24) is 14.8 Å². The van der Waals surface area contributed by atoms with Crippen LogP contribution in [0.2, 0.25) is 5.02 Å². The maximum Gasteiger partial charge on any atom is 0.265 e. The summed E-state index contributed by atoms with van der Waals surface area (Å²) in [5.41, 5.74) is 0.880. The molecule has 2 unspecified atom stereocenters. The van der Waals surface area contributed by atoms with Gasteiger partial charge < -0.3 is 9.64 Å². The van der Waals surface area contributed by atoms with Crippen LogP contribution in [-0.2, 0) is 4.74 Å². The number of amides is 1. The number of piperidine rings is 1. The summed E-state index contributed by atoms with van der Waals surface area (Å²) in [4.78, 5) is 22.6. The molecule has 2 aliphatic rings. The molecule has 156 valence electrons. The molecule has 3 heterocycles. The molecule has 0 radical (unpaired) electrons. The Kier molecular flexibility index (Phi) is 6.54. The maximum absolute atomic E-state index is 12.9. The number of carbonyl (C=O) groups excluding carboxylic acids is 1. The number of morpholine rings is 1. The number of carbonyl (C=O) groups is 1. The van der Waals surface area contributed by atoms with Gasteiger partial charge in [-0.2, -0.15) is 0 Å². The SMILES string of the molecule is CC1CN(CC2CCN(C(=O)c3cnc(-c4ccccc4Cl)s3)CC2)CC(C)O1. The second-order valence-corrected chi connectivity index (χ2v) is 9.66. The van der Waals surface area contributed by atoms with Crippen molar-refractivity contribution in [2.75, 3.05) is 32.7 Å². The first-order valence-electron chi connectivity index (χ1n) is 10.4. The molecule has 4 rings (SSSR count). The average molecular weight is 434 g/mol. The van der Waals surface area contributed by atoms with Gasteiger partial charge in [0.05, 0.1) is 23.4 Å². The third-order valence-electron chi connectivity index (χ3n) is 5.73. The molecule has 0 aliphatic carbocycles. The lowest BCUT2D eigenvalue weighted by Crippen LogP contribution is -2.48. The fraction of sp³-hybridized carbons (Fsp3) is 0.545. The smallest absolute Gasteiger partial charge is 0.265 e. The molecular formula is C22H28ClN3O2S. The van der Waals surface area contributed by atoms with E-state index in [4.69, 9.17) is 16.3 Å². The van der Waals surface area contributed by atoms with Crippen LogP contribution in [0.25, 0.3) is 10.6 Å². The monoisotopic (exact) mass is 433 g/mol. The fourth-order valence-electron chi connectivity index (χ4n) is 4.41. The lowest BCUT2D eigenvalue weighted by molar-refractivity contribution is -0.0728. The van der Waals surface area contributed by atoms with E-state index >= 15 is 0 Å². The predicted molar refractivity (Wildman–Crippen MR) is 118 cm³/mol. The third kappa shape index (κ3) is 5.00. The van der Waals surface area contributed by atoms with Gasteiger partial charge in [-0.1, -0.05) is 29.8 Å². The predicted octanol–water partition coefficient (Wildman–Crippen LogP) is 4.42. The molecule has 0 bridgehead atoms. The number of nitrogens with zero attached hydrogens (tertiary/aromatic N) is 3. The number of hydrogen-bond donors (Lipinski definition) is 0. The Morgan fingerprint density at radius 2 is 1.90 bits per heavy atom. The van der Waals surface area contributed by atoms with Crippen molar-refractivity contribution in [2.24, 2.45) is 5.92 Å². The van der Waals surface area contributed by atoms with Crippen LogP contribution in [0.4, 0.5) is 0 Å². The number of benzene rings is 1. The average Bonchev–Trinajstić information content (AvgIpc) is 3.17. The molecule has 2 fully saturated rings. The minimum Gasteiger partial charge on any atom is -0.373 e. The van der Waals surface area contributed by atoms with Crippen LogP contribution < -0.4 is 0 Å². The summed E-state index contributed by atoms with van der Waals surface area (Å²) in [5.74, 6) is 0.740. The summed E-state index contributed by atoms with van der Waals surface area (Å²) in [6.45, 7) is 9.06. The van der Waals surface area contributed by atoms with Crippen LogP contribution in [0.3, 0.4) is 0 Å². The Morgan fingerprint density at radius 3 is 2.59 bits per heavy atom. The highest BCUT2D eigenvalue weighted by Crippen LogP contribution is 2.32. The number of likely N-dealkylation sites (tertiary alicyclic amines) is 1. The first kappa shape index (κ1) is 20.8. The van der Waals surface area contributed by atoms with E-state index < -0.39 is 0 Å². The van der Waals surface area contributed by atoms with Gasteiger partial charge in [0.25, 0.3) is 5.91 Å². The normalized spacial score (nSPS) is 24.0. The summed E-state index contributed by atoms with van der Waals surface area (Å²) in [6.07, 6.45) is 4.41. The van der Waals surface area contributed by atoms with Crippen LogP contribution in [0.5, 0.6) is 0 Å². The summed E-state index contributed by atoms with van der Waals surface area (Å²) >= 11 is 7.69. The molecule has 2 atom stereocenters. The number of hydrogen-bond acceptors (Lipinski definition) is 5. The Balaban J connectivity index is 1.32. The van der Waals surface area contributed by atoms with Gasteiger partial charge in [0.15, 0.2) is 0 Å². The summed E-state index contributed by atoms with van der Waals surface area (Å²) in [5, 5.41) is 1.46. The van der Waals surface area contributed by atoms with Gasteiger partial charge >= 0.3 is 0 Å². The third-order valence-corrected chi connectivity index (χ3v) is 7.08. The van der Waals surface area contributed by atoms with Crippen LogP contribution in [-0.4, -0.2) is 65.6 Å². The number of thiazole rings is 1. The largest absolute Gasteiger partial charge is 0.373 e. The molecule has 2 aromatic rings. The van der Waals surface area contributed by atoms with Crippen molar-refractivity contribution in [3.63, 3.8) is 0 Å². The van der Waals surface area contributed by atoms with E-state index in [1.807, 2.05) is 29.2 Å². The van der Waals surface area contributed by atoms with E-state index in [9.17, 15) is 4.79 Å². The van der Waals surface area contributed by atoms with Crippen molar-refractivity contribution >= 4 is 28.8 Å². The number of aromatic nitrogens is 1. The molecule has 1 aromatic carbocycles. The standard InChI is InChI=1S/C22H28ClN3O2S/c1-15-12-25(13-16(2)28-15)14-17-7-9-26(10-8-17)22(27)20-11-24-21(29-20)18-5-3-4-6-19(18)23/h3-6,11,15-17H,7-10,12-14H2,1-2H3. The molecule has 0 spiro atoms. The fourth-order valence-corrected chi connectivity index (χ4v) is 5.61. The zero-order chi connectivity index (χ0) is 20.4. The molecule has 2 aliphatic heterocycles. The zero-order valence-electron chi connectivity index (χ0n) is 17.0. The lowest BCUT2D eigenvalue weighted by atomic mass is 9.95. The lowest BCUT2D eigenvalue weighted by Gasteiger charge is -2.39. The van der Waals surface area contributed by atoms with Crippen molar-refractivity contribution in [1.29, 1.82) is 0 Å². The molecule has 29 heavy (non-hydrogen) atoms. The summed E-state index contributed by atoms with van der Waals surface area (Å²) < 4.78 is 5.84. The van der Waals surface area contributed by atoms with E-state index in [0.717, 1.165) is 56.1 Å². The van der Waals surface area contributed by atoms with Crippen LogP contribution in [0.1, 0.15) is 36.4 Å².